The number of nitrogens with one attached hydrogen (secondary N) is 1. The van der Waals surface area contributed by atoms with Gasteiger partial charge in [-0.25, -0.2) is 0 Å². The van der Waals surface area contributed by atoms with Crippen LogP contribution in [0.15, 0.2) is 12.2 Å². The fourth-order valence-electron chi connectivity index (χ4n) is 0.824. The van der Waals surface area contributed by atoms with Gasteiger partial charge in [-0.05, 0) is 13.3 Å². The second kappa shape index (κ2) is 7.80. The minimum Gasteiger partial charge on any atom is -0.375 e. The van der Waals surface area contributed by atoms with Gasteiger partial charge in [-0.1, -0.05) is 19.1 Å². The Balaban J connectivity index is 3.16. The molecule has 76 valence electrons. The Morgan fingerprint density at radius 1 is 1.54 bits per heavy atom. The zero-order chi connectivity index (χ0) is 10.1. The Bertz CT molecular complexity index is 166. The van der Waals surface area contributed by atoms with Gasteiger partial charge >= 0.3 is 0 Å². The van der Waals surface area contributed by atoms with Crippen molar-refractivity contribution in [1.29, 1.82) is 0 Å². The number of ether oxygens (including phenoxy) is 1. The van der Waals surface area contributed by atoms with Gasteiger partial charge in [0.25, 0.3) is 0 Å². The largest absolute Gasteiger partial charge is 0.375 e. The molecule has 0 unspecified atom stereocenters. The highest BCUT2D eigenvalue weighted by molar-refractivity contribution is 5.75. The van der Waals surface area contributed by atoms with Crippen LogP contribution < -0.4 is 5.32 Å². The molecule has 1 N–H and O–H groups in total. The lowest BCUT2D eigenvalue weighted by Gasteiger charge is -2.05. The molecule has 0 aromatic carbocycles. The normalized spacial score (nSPS) is 9.69. The molecule has 13 heavy (non-hydrogen) atoms. The van der Waals surface area contributed by atoms with Gasteiger partial charge in [0.1, 0.15) is 0 Å². The molecule has 0 saturated heterocycles. The summed E-state index contributed by atoms with van der Waals surface area (Å²) >= 11 is 0. The minimum atomic E-state index is 0.0985. The summed E-state index contributed by atoms with van der Waals surface area (Å²) in [7, 11) is 0. The van der Waals surface area contributed by atoms with Gasteiger partial charge in [-0.15, -0.1) is 0 Å². The molecule has 0 fully saturated rings. The zero-order valence-corrected chi connectivity index (χ0v) is 8.56. The number of amides is 1. The van der Waals surface area contributed by atoms with Gasteiger partial charge in [-0.2, -0.15) is 0 Å². The van der Waals surface area contributed by atoms with E-state index in [4.69, 9.17) is 4.74 Å². The summed E-state index contributed by atoms with van der Waals surface area (Å²) in [6.45, 7) is 9.32. The van der Waals surface area contributed by atoms with Gasteiger partial charge in [0, 0.05) is 13.0 Å². The zero-order valence-electron chi connectivity index (χ0n) is 8.56. The van der Waals surface area contributed by atoms with Crippen LogP contribution in [0.3, 0.4) is 0 Å². The van der Waals surface area contributed by atoms with Crippen molar-refractivity contribution in [2.24, 2.45) is 0 Å². The van der Waals surface area contributed by atoms with Gasteiger partial charge in [-0.3, -0.25) is 4.79 Å². The highest BCUT2D eigenvalue weighted by Gasteiger charge is 1.96. The Morgan fingerprint density at radius 2 is 2.23 bits per heavy atom. The lowest BCUT2D eigenvalue weighted by molar-refractivity contribution is -0.121. The van der Waals surface area contributed by atoms with Crippen molar-refractivity contribution in [1.82, 2.24) is 5.32 Å². The molecule has 0 aliphatic heterocycles. The number of carbonyl (C=O) groups is 1. The van der Waals surface area contributed by atoms with Crippen LogP contribution in [0.5, 0.6) is 0 Å². The monoisotopic (exact) mass is 185 g/mol. The molecule has 3 heteroatoms. The summed E-state index contributed by atoms with van der Waals surface area (Å²) in [5, 5.41) is 2.76. The maximum atomic E-state index is 11.0. The molecular weight excluding hydrogens is 166 g/mol. The van der Waals surface area contributed by atoms with Crippen molar-refractivity contribution in [3.63, 3.8) is 0 Å². The molecule has 1 amide bonds. The molecule has 0 heterocycles. The maximum Gasteiger partial charge on any atom is 0.220 e. The molecule has 0 aliphatic rings. The summed E-state index contributed by atoms with van der Waals surface area (Å²) in [6.07, 6.45) is 1.49. The van der Waals surface area contributed by atoms with E-state index in [0.29, 0.717) is 26.2 Å². The smallest absolute Gasteiger partial charge is 0.220 e. The number of carbonyl (C=O) groups excluding carboxylic acids is 1. The van der Waals surface area contributed by atoms with Crippen LogP contribution in [0, 0.1) is 0 Å². The molecule has 0 spiro atoms. The lowest BCUT2D eigenvalue weighted by atomic mass is 10.3. The van der Waals surface area contributed by atoms with Gasteiger partial charge < -0.3 is 10.1 Å². The summed E-state index contributed by atoms with van der Waals surface area (Å²) in [5.74, 6) is 0.0985. The molecule has 3 nitrogen and oxygen atoms in total. The first-order valence-electron chi connectivity index (χ1n) is 4.65. The third kappa shape index (κ3) is 9.08. The highest BCUT2D eigenvalue weighted by Crippen LogP contribution is 1.88. The Kier molecular flexibility index (Phi) is 7.30. The minimum absolute atomic E-state index is 0.0985. The van der Waals surface area contributed by atoms with Gasteiger partial charge in [0.2, 0.25) is 5.91 Å². The predicted octanol–water partition coefficient (Wildman–Crippen LogP) is 1.50. The molecule has 0 aromatic rings. The van der Waals surface area contributed by atoms with E-state index in [9.17, 15) is 4.79 Å². The first kappa shape index (κ1) is 12.2. The van der Waals surface area contributed by atoms with Crippen LogP contribution in [-0.2, 0) is 9.53 Å². The highest BCUT2D eigenvalue weighted by atomic mass is 16.5. The maximum absolute atomic E-state index is 11.0. The molecule has 0 rings (SSSR count). The van der Waals surface area contributed by atoms with Crippen LogP contribution in [0.25, 0.3) is 0 Å². The van der Waals surface area contributed by atoms with Crippen LogP contribution in [-0.4, -0.2) is 25.7 Å². The van der Waals surface area contributed by atoms with Crippen molar-refractivity contribution in [3.8, 4) is 0 Å². The van der Waals surface area contributed by atoms with Crippen molar-refractivity contribution >= 4 is 5.91 Å². The first-order chi connectivity index (χ1) is 6.16. The SMILES string of the molecule is C=C(C)COCCNC(=O)CCC. The summed E-state index contributed by atoms with van der Waals surface area (Å²) < 4.78 is 5.21. The van der Waals surface area contributed by atoms with E-state index in [1.54, 1.807) is 0 Å². The van der Waals surface area contributed by atoms with Crippen molar-refractivity contribution < 1.29 is 9.53 Å². The predicted molar refractivity (Wildman–Crippen MR) is 53.6 cm³/mol. The lowest BCUT2D eigenvalue weighted by Crippen LogP contribution is -2.26. The van der Waals surface area contributed by atoms with Crippen molar-refractivity contribution in [3.05, 3.63) is 12.2 Å². The Labute approximate surface area is 80.2 Å². The van der Waals surface area contributed by atoms with Gasteiger partial charge in [0.05, 0.1) is 13.2 Å². The average Bonchev–Trinajstić information content (AvgIpc) is 2.03. The Morgan fingerprint density at radius 3 is 2.77 bits per heavy atom. The third-order valence-corrected chi connectivity index (χ3v) is 1.39. The standard InChI is InChI=1S/C10H19NO2/c1-4-5-10(12)11-6-7-13-8-9(2)3/h2,4-8H2,1,3H3,(H,11,12). The molecule has 0 aliphatic carbocycles. The van der Waals surface area contributed by atoms with Crippen LogP contribution in [0.2, 0.25) is 0 Å². The fraction of sp³-hybridized carbons (Fsp3) is 0.700. The van der Waals surface area contributed by atoms with E-state index in [2.05, 4.69) is 11.9 Å². The average molecular weight is 185 g/mol. The van der Waals surface area contributed by atoms with Gasteiger partial charge in [0.15, 0.2) is 0 Å². The fourth-order valence-corrected chi connectivity index (χ4v) is 0.824. The van der Waals surface area contributed by atoms with E-state index >= 15 is 0 Å². The molecule has 0 saturated carbocycles. The summed E-state index contributed by atoms with van der Waals surface area (Å²) in [5.41, 5.74) is 1.000. The number of rotatable bonds is 7. The third-order valence-electron chi connectivity index (χ3n) is 1.39. The first-order valence-corrected chi connectivity index (χ1v) is 4.65. The molecule has 0 bridgehead atoms. The Hall–Kier alpha value is -0.830. The number of hydrogen-bond acceptors (Lipinski definition) is 2. The van der Waals surface area contributed by atoms with Crippen molar-refractivity contribution in [2.75, 3.05) is 19.8 Å². The second-order valence-corrected chi connectivity index (χ2v) is 3.11. The molecule has 0 atom stereocenters. The van der Waals surface area contributed by atoms with E-state index in [1.165, 1.54) is 0 Å². The second-order valence-electron chi connectivity index (χ2n) is 3.11. The molecule has 0 aromatic heterocycles. The molecular formula is C10H19NO2. The van der Waals surface area contributed by atoms with E-state index < -0.39 is 0 Å². The van der Waals surface area contributed by atoms with Crippen LogP contribution in [0.4, 0.5) is 0 Å². The van der Waals surface area contributed by atoms with E-state index in [0.717, 1.165) is 12.0 Å². The van der Waals surface area contributed by atoms with Crippen molar-refractivity contribution in [2.45, 2.75) is 26.7 Å². The number of hydrogen-bond donors (Lipinski definition) is 1. The summed E-state index contributed by atoms with van der Waals surface area (Å²) in [4.78, 5) is 11.0. The summed E-state index contributed by atoms with van der Waals surface area (Å²) in [6, 6.07) is 0. The van der Waals surface area contributed by atoms with Crippen LogP contribution in [0.1, 0.15) is 26.7 Å². The van der Waals surface area contributed by atoms with E-state index in [-0.39, 0.29) is 5.91 Å². The molecule has 0 radical (unpaired) electrons. The topological polar surface area (TPSA) is 38.3 Å². The van der Waals surface area contributed by atoms with E-state index in [1.807, 2.05) is 13.8 Å². The quantitative estimate of drug-likeness (QED) is 0.482. The van der Waals surface area contributed by atoms with Crippen LogP contribution >= 0.6 is 0 Å².